The van der Waals surface area contributed by atoms with Gasteiger partial charge in [0, 0.05) is 18.0 Å². The first-order valence-electron chi connectivity index (χ1n) is 7.98. The predicted octanol–water partition coefficient (Wildman–Crippen LogP) is 3.40. The maximum absolute atomic E-state index is 14.2. The quantitative estimate of drug-likeness (QED) is 0.663. The van der Waals surface area contributed by atoms with E-state index in [4.69, 9.17) is 0 Å². The Bertz CT molecular complexity index is 789. The second-order valence-corrected chi connectivity index (χ2v) is 6.32. The van der Waals surface area contributed by atoms with Crippen LogP contribution in [0.4, 0.5) is 38.2 Å². The fourth-order valence-electron chi connectivity index (χ4n) is 2.36. The molecule has 12 heteroatoms. The molecule has 0 aromatic carbocycles. The van der Waals surface area contributed by atoms with Gasteiger partial charge in [-0.2, -0.15) is 28.1 Å². The van der Waals surface area contributed by atoms with E-state index in [-0.39, 0.29) is 12.0 Å². The van der Waals surface area contributed by atoms with Gasteiger partial charge in [0.2, 0.25) is 11.9 Å². The third-order valence-corrected chi connectivity index (χ3v) is 4.06. The van der Waals surface area contributed by atoms with Gasteiger partial charge in [0.25, 0.3) is 5.92 Å². The van der Waals surface area contributed by atoms with E-state index in [1.807, 2.05) is 5.32 Å². The number of aliphatic hydroxyl groups excluding tert-OH is 1. The summed E-state index contributed by atoms with van der Waals surface area (Å²) < 4.78 is 79.1. The molecule has 2 aliphatic carbocycles. The van der Waals surface area contributed by atoms with Gasteiger partial charge < -0.3 is 15.7 Å². The van der Waals surface area contributed by atoms with Crippen LogP contribution in [0.5, 0.6) is 0 Å². The van der Waals surface area contributed by atoms with Gasteiger partial charge in [-0.25, -0.2) is 13.2 Å². The Morgan fingerprint density at radius 2 is 1.78 bits per heavy atom. The molecular formula is C15H15F6N5O. The van der Waals surface area contributed by atoms with Crippen molar-refractivity contribution in [1.29, 1.82) is 0 Å². The summed E-state index contributed by atoms with van der Waals surface area (Å²) in [5, 5.41) is 14.1. The number of nitrogens with zero attached hydrogens (tertiary/aromatic N) is 3. The lowest BCUT2D eigenvalue weighted by atomic mass is 9.92. The SMILES string of the molecule is C=C(Nc1nc(NC2CC2)nc(C2=C(F)C(O)C(F)(F)CC2)n1)C(F)(F)F. The van der Waals surface area contributed by atoms with Crippen LogP contribution < -0.4 is 10.6 Å². The summed E-state index contributed by atoms with van der Waals surface area (Å²) in [6.45, 7) is 2.83. The Labute approximate surface area is 149 Å². The molecule has 0 spiro atoms. The lowest BCUT2D eigenvalue weighted by molar-refractivity contribution is -0.107. The smallest absolute Gasteiger partial charge is 0.380 e. The summed E-state index contributed by atoms with van der Waals surface area (Å²) in [6, 6.07) is 0.0130. The Kier molecular flexibility index (Phi) is 4.78. The van der Waals surface area contributed by atoms with Gasteiger partial charge in [-0.05, 0) is 19.3 Å². The number of halogens is 6. The van der Waals surface area contributed by atoms with Gasteiger partial charge in [-0.1, -0.05) is 6.58 Å². The van der Waals surface area contributed by atoms with Crippen molar-refractivity contribution < 1.29 is 31.4 Å². The number of anilines is 2. The van der Waals surface area contributed by atoms with Crippen LogP contribution >= 0.6 is 0 Å². The molecule has 0 radical (unpaired) electrons. The molecule has 3 N–H and O–H groups in total. The number of aliphatic hydroxyl groups is 1. The molecule has 27 heavy (non-hydrogen) atoms. The van der Waals surface area contributed by atoms with Crippen LogP contribution in [-0.4, -0.2) is 44.3 Å². The zero-order valence-corrected chi connectivity index (χ0v) is 13.7. The highest BCUT2D eigenvalue weighted by Crippen LogP contribution is 2.41. The molecule has 0 amide bonds. The topological polar surface area (TPSA) is 83.0 Å². The molecule has 2 aliphatic rings. The van der Waals surface area contributed by atoms with E-state index in [2.05, 4.69) is 26.8 Å². The number of alkyl halides is 5. The molecule has 6 nitrogen and oxygen atoms in total. The van der Waals surface area contributed by atoms with Crippen LogP contribution in [0, 0.1) is 0 Å². The lowest BCUT2D eigenvalue weighted by Crippen LogP contribution is -2.37. The molecule has 148 valence electrons. The van der Waals surface area contributed by atoms with Crippen LogP contribution in [-0.2, 0) is 0 Å². The number of hydrogen-bond acceptors (Lipinski definition) is 6. The van der Waals surface area contributed by atoms with Gasteiger partial charge in [-0.15, -0.1) is 0 Å². The van der Waals surface area contributed by atoms with Crippen molar-refractivity contribution in [3.05, 3.63) is 23.9 Å². The molecule has 0 saturated heterocycles. The monoisotopic (exact) mass is 395 g/mol. The predicted molar refractivity (Wildman–Crippen MR) is 83.5 cm³/mol. The van der Waals surface area contributed by atoms with Crippen LogP contribution in [0.15, 0.2) is 18.1 Å². The highest BCUT2D eigenvalue weighted by atomic mass is 19.4. The third-order valence-electron chi connectivity index (χ3n) is 4.06. The minimum absolute atomic E-state index is 0.0130. The highest BCUT2D eigenvalue weighted by Gasteiger charge is 2.46. The van der Waals surface area contributed by atoms with Crippen LogP contribution in [0.1, 0.15) is 31.5 Å². The number of aromatic nitrogens is 3. The fourth-order valence-corrected chi connectivity index (χ4v) is 2.36. The average Bonchev–Trinajstić information content (AvgIpc) is 3.35. The first kappa shape index (κ1) is 19.4. The Hall–Kier alpha value is -2.37. The van der Waals surface area contributed by atoms with Gasteiger partial charge in [-0.3, -0.25) is 0 Å². The number of hydrogen-bond donors (Lipinski definition) is 3. The number of rotatable bonds is 5. The summed E-state index contributed by atoms with van der Waals surface area (Å²) >= 11 is 0. The van der Waals surface area contributed by atoms with E-state index in [0.717, 1.165) is 12.8 Å². The minimum atomic E-state index is -4.77. The van der Waals surface area contributed by atoms with Gasteiger partial charge in [0.05, 0.1) is 0 Å². The van der Waals surface area contributed by atoms with Crippen LogP contribution in [0.2, 0.25) is 0 Å². The normalized spacial score (nSPS) is 22.6. The second kappa shape index (κ2) is 6.66. The molecule has 1 unspecified atom stereocenters. The van der Waals surface area contributed by atoms with Crippen molar-refractivity contribution in [3.63, 3.8) is 0 Å². The molecule has 1 fully saturated rings. The molecule has 1 aromatic rings. The molecule has 1 heterocycles. The van der Waals surface area contributed by atoms with Crippen molar-refractivity contribution in [1.82, 2.24) is 15.0 Å². The molecule has 1 aromatic heterocycles. The maximum atomic E-state index is 14.2. The Balaban J connectivity index is 1.97. The summed E-state index contributed by atoms with van der Waals surface area (Å²) in [5.41, 5.74) is -1.77. The number of allylic oxidation sites excluding steroid dienone is 2. The average molecular weight is 395 g/mol. The van der Waals surface area contributed by atoms with E-state index in [1.54, 1.807) is 0 Å². The summed E-state index contributed by atoms with van der Waals surface area (Å²) in [7, 11) is 0. The first-order chi connectivity index (χ1) is 12.5. The largest absolute Gasteiger partial charge is 0.430 e. The van der Waals surface area contributed by atoms with Crippen LogP contribution in [0.3, 0.4) is 0 Å². The van der Waals surface area contributed by atoms with E-state index in [9.17, 15) is 31.4 Å². The fraction of sp³-hybridized carbons (Fsp3) is 0.533. The molecular weight excluding hydrogens is 380 g/mol. The highest BCUT2D eigenvalue weighted by molar-refractivity contribution is 5.66. The zero-order valence-electron chi connectivity index (χ0n) is 13.7. The zero-order chi connectivity index (χ0) is 20.0. The molecule has 1 saturated carbocycles. The van der Waals surface area contributed by atoms with Gasteiger partial charge in [0.1, 0.15) is 11.5 Å². The molecule has 3 rings (SSSR count). The molecule has 0 aliphatic heterocycles. The standard InChI is InChI=1S/C15H15F6N5O/c1-6(15(19,20)21)22-12-24-11(25-13(26-12)23-7-2-3-7)8-4-5-14(17,18)10(27)9(8)16/h7,10,27H,1-5H2,(H2,22,23,24,25,26). The van der Waals surface area contributed by atoms with Gasteiger partial charge in [0.15, 0.2) is 11.9 Å². The minimum Gasteiger partial charge on any atom is -0.380 e. The number of nitrogens with one attached hydrogen (secondary N) is 2. The van der Waals surface area contributed by atoms with Crippen molar-refractivity contribution in [2.75, 3.05) is 10.6 Å². The van der Waals surface area contributed by atoms with E-state index >= 15 is 0 Å². The first-order valence-corrected chi connectivity index (χ1v) is 7.98. The Morgan fingerprint density at radius 1 is 1.15 bits per heavy atom. The summed E-state index contributed by atoms with van der Waals surface area (Å²) in [5.74, 6) is -6.31. The maximum Gasteiger partial charge on any atom is 0.430 e. The van der Waals surface area contributed by atoms with Crippen molar-refractivity contribution in [2.45, 2.75) is 49.9 Å². The summed E-state index contributed by atoms with van der Waals surface area (Å²) in [6.07, 6.45) is -7.21. The third kappa shape index (κ3) is 4.31. The van der Waals surface area contributed by atoms with E-state index in [0.29, 0.717) is 0 Å². The van der Waals surface area contributed by atoms with Crippen molar-refractivity contribution in [3.8, 4) is 0 Å². The molecule has 1 atom stereocenters. The van der Waals surface area contributed by atoms with E-state index < -0.39 is 59.9 Å². The lowest BCUT2D eigenvalue weighted by Gasteiger charge is -2.27. The Morgan fingerprint density at radius 3 is 2.37 bits per heavy atom. The molecule has 0 bridgehead atoms. The second-order valence-electron chi connectivity index (χ2n) is 6.32. The van der Waals surface area contributed by atoms with Crippen molar-refractivity contribution in [2.24, 2.45) is 0 Å². The summed E-state index contributed by atoms with van der Waals surface area (Å²) in [4.78, 5) is 11.4. The van der Waals surface area contributed by atoms with E-state index in [1.165, 1.54) is 0 Å². The van der Waals surface area contributed by atoms with Gasteiger partial charge >= 0.3 is 6.18 Å². The van der Waals surface area contributed by atoms with Crippen molar-refractivity contribution >= 4 is 17.5 Å². The van der Waals surface area contributed by atoms with Crippen LogP contribution in [0.25, 0.3) is 5.57 Å².